The number of nitrogens with zero attached hydrogens (tertiary/aromatic N) is 2. The van der Waals surface area contributed by atoms with E-state index in [2.05, 4.69) is 6.58 Å². The lowest BCUT2D eigenvalue weighted by Gasteiger charge is -2.22. The predicted octanol–water partition coefficient (Wildman–Crippen LogP) is -0.848. The molecule has 0 fully saturated rings. The van der Waals surface area contributed by atoms with Gasteiger partial charge in [0.25, 0.3) is 0 Å². The zero-order chi connectivity index (χ0) is 8.15. The summed E-state index contributed by atoms with van der Waals surface area (Å²) in [6.07, 6.45) is 1.77. The van der Waals surface area contributed by atoms with Gasteiger partial charge in [0, 0.05) is 20.6 Å². The van der Waals surface area contributed by atoms with Crippen LogP contribution < -0.4 is 11.7 Å². The topological polar surface area (TPSA) is 58.5 Å². The van der Waals surface area contributed by atoms with E-state index in [4.69, 9.17) is 11.7 Å². The van der Waals surface area contributed by atoms with Crippen molar-refractivity contribution in [3.63, 3.8) is 0 Å². The van der Waals surface area contributed by atoms with E-state index in [1.165, 1.54) is 0 Å². The van der Waals surface area contributed by atoms with E-state index in [0.29, 0.717) is 6.54 Å². The summed E-state index contributed by atoms with van der Waals surface area (Å²) < 4.78 is 0. The molecule has 0 aromatic heterocycles. The molecule has 0 aromatic carbocycles. The standard InChI is InChI=1S/C6H16N4/c1-4-6(10(3)8)5-9(2)7/h4,6H,1,5,7-8H2,2-3H3. The summed E-state index contributed by atoms with van der Waals surface area (Å²) in [6.45, 7) is 4.32. The number of nitrogens with two attached hydrogens (primary N) is 2. The van der Waals surface area contributed by atoms with Crippen molar-refractivity contribution in [1.82, 2.24) is 10.0 Å². The number of rotatable bonds is 4. The molecule has 0 saturated heterocycles. The number of hydrazine groups is 2. The van der Waals surface area contributed by atoms with Crippen molar-refractivity contribution in [1.29, 1.82) is 0 Å². The van der Waals surface area contributed by atoms with Crippen molar-refractivity contribution in [2.45, 2.75) is 6.04 Å². The summed E-state index contributed by atoms with van der Waals surface area (Å²) >= 11 is 0. The molecule has 60 valence electrons. The highest BCUT2D eigenvalue weighted by Crippen LogP contribution is 1.91. The van der Waals surface area contributed by atoms with Crippen molar-refractivity contribution in [3.8, 4) is 0 Å². The zero-order valence-corrected chi connectivity index (χ0v) is 6.62. The Morgan fingerprint density at radius 3 is 2.10 bits per heavy atom. The summed E-state index contributed by atoms with van der Waals surface area (Å²) in [5.74, 6) is 10.9. The zero-order valence-electron chi connectivity index (χ0n) is 6.62. The van der Waals surface area contributed by atoms with Crippen molar-refractivity contribution < 1.29 is 0 Å². The molecule has 0 saturated carbocycles. The van der Waals surface area contributed by atoms with Crippen LogP contribution in [-0.4, -0.2) is 36.7 Å². The average Bonchev–Trinajstić information content (AvgIpc) is 1.81. The molecular weight excluding hydrogens is 128 g/mol. The lowest BCUT2D eigenvalue weighted by atomic mass is 10.3. The third-order valence-electron chi connectivity index (χ3n) is 1.27. The molecule has 1 unspecified atom stereocenters. The SMILES string of the molecule is C=CC(CN(C)N)N(C)N. The number of hydrogen-bond acceptors (Lipinski definition) is 4. The molecule has 0 heterocycles. The number of likely N-dealkylation sites (N-methyl/N-ethyl adjacent to an activating group) is 2. The Morgan fingerprint density at radius 2 is 2.00 bits per heavy atom. The molecule has 1 atom stereocenters. The third-order valence-corrected chi connectivity index (χ3v) is 1.27. The average molecular weight is 144 g/mol. The van der Waals surface area contributed by atoms with Gasteiger partial charge in [-0.3, -0.25) is 11.7 Å². The Morgan fingerprint density at radius 1 is 1.50 bits per heavy atom. The summed E-state index contributed by atoms with van der Waals surface area (Å²) in [7, 11) is 3.58. The fourth-order valence-electron chi connectivity index (χ4n) is 0.665. The minimum absolute atomic E-state index is 0.120. The summed E-state index contributed by atoms with van der Waals surface area (Å²) in [5.41, 5.74) is 0. The first-order chi connectivity index (χ1) is 4.57. The summed E-state index contributed by atoms with van der Waals surface area (Å²) in [5, 5.41) is 3.16. The van der Waals surface area contributed by atoms with E-state index >= 15 is 0 Å². The van der Waals surface area contributed by atoms with E-state index in [0.717, 1.165) is 0 Å². The van der Waals surface area contributed by atoms with Gasteiger partial charge in [-0.25, -0.2) is 10.0 Å². The second-order valence-electron chi connectivity index (χ2n) is 2.41. The molecule has 10 heavy (non-hydrogen) atoms. The number of hydrogen-bond donors (Lipinski definition) is 2. The highest BCUT2D eigenvalue weighted by Gasteiger charge is 2.07. The van der Waals surface area contributed by atoms with Gasteiger partial charge in [0.15, 0.2) is 0 Å². The van der Waals surface area contributed by atoms with Crippen molar-refractivity contribution in [2.75, 3.05) is 20.6 Å². The van der Waals surface area contributed by atoms with E-state index in [9.17, 15) is 0 Å². The van der Waals surface area contributed by atoms with Gasteiger partial charge >= 0.3 is 0 Å². The Labute approximate surface area is 62.0 Å². The quantitative estimate of drug-likeness (QED) is 0.306. The van der Waals surface area contributed by atoms with Crippen LogP contribution in [0, 0.1) is 0 Å². The normalized spacial score (nSPS) is 14.2. The van der Waals surface area contributed by atoms with Gasteiger partial charge in [-0.15, -0.1) is 6.58 Å². The fourth-order valence-corrected chi connectivity index (χ4v) is 0.665. The molecule has 0 radical (unpaired) electrons. The van der Waals surface area contributed by atoms with Gasteiger partial charge < -0.3 is 0 Å². The fraction of sp³-hybridized carbons (Fsp3) is 0.667. The molecule has 4 heteroatoms. The maximum absolute atomic E-state index is 5.48. The molecule has 0 aliphatic rings. The molecule has 4 N–H and O–H groups in total. The Bertz CT molecular complexity index is 99.9. The third kappa shape index (κ3) is 3.58. The molecule has 4 nitrogen and oxygen atoms in total. The van der Waals surface area contributed by atoms with Gasteiger partial charge in [-0.1, -0.05) is 6.08 Å². The van der Waals surface area contributed by atoms with E-state index in [-0.39, 0.29) is 6.04 Å². The Hall–Kier alpha value is -0.420. The van der Waals surface area contributed by atoms with Gasteiger partial charge in [0.2, 0.25) is 0 Å². The first-order valence-electron chi connectivity index (χ1n) is 3.14. The van der Waals surface area contributed by atoms with Gasteiger partial charge in [0.05, 0.1) is 6.04 Å². The minimum Gasteiger partial charge on any atom is -0.269 e. The minimum atomic E-state index is 0.120. The first kappa shape index (κ1) is 9.58. The smallest absolute Gasteiger partial charge is 0.0556 e. The molecule has 0 aliphatic carbocycles. The summed E-state index contributed by atoms with van der Waals surface area (Å²) in [6, 6.07) is 0.120. The van der Waals surface area contributed by atoms with E-state index < -0.39 is 0 Å². The molecule has 0 bridgehead atoms. The maximum Gasteiger partial charge on any atom is 0.0556 e. The molecule has 0 amide bonds. The van der Waals surface area contributed by atoms with Crippen LogP contribution in [0.4, 0.5) is 0 Å². The van der Waals surface area contributed by atoms with Crippen LogP contribution in [0.15, 0.2) is 12.7 Å². The van der Waals surface area contributed by atoms with Crippen LogP contribution in [0.2, 0.25) is 0 Å². The van der Waals surface area contributed by atoms with Gasteiger partial charge in [-0.2, -0.15) is 0 Å². The lowest BCUT2D eigenvalue weighted by molar-refractivity contribution is 0.217. The predicted molar refractivity (Wildman–Crippen MR) is 42.8 cm³/mol. The molecule has 0 aromatic rings. The van der Waals surface area contributed by atoms with Crippen LogP contribution in [0.1, 0.15) is 0 Å². The molecular formula is C6H16N4. The van der Waals surface area contributed by atoms with Gasteiger partial charge in [-0.05, 0) is 0 Å². The molecule has 0 rings (SSSR count). The first-order valence-corrected chi connectivity index (χ1v) is 3.14. The largest absolute Gasteiger partial charge is 0.269 e. The van der Waals surface area contributed by atoms with Crippen LogP contribution in [0.5, 0.6) is 0 Å². The second-order valence-corrected chi connectivity index (χ2v) is 2.41. The Kier molecular flexibility index (Phi) is 4.22. The van der Waals surface area contributed by atoms with Crippen LogP contribution in [-0.2, 0) is 0 Å². The lowest BCUT2D eigenvalue weighted by Crippen LogP contribution is -2.45. The molecule has 0 aliphatic heterocycles. The van der Waals surface area contributed by atoms with E-state index in [1.54, 1.807) is 30.2 Å². The Balaban J connectivity index is 3.71. The monoisotopic (exact) mass is 144 g/mol. The highest BCUT2D eigenvalue weighted by atomic mass is 15.4. The van der Waals surface area contributed by atoms with Gasteiger partial charge in [0.1, 0.15) is 0 Å². The maximum atomic E-state index is 5.48. The van der Waals surface area contributed by atoms with Crippen LogP contribution in [0.25, 0.3) is 0 Å². The van der Waals surface area contributed by atoms with Crippen molar-refractivity contribution in [3.05, 3.63) is 12.7 Å². The van der Waals surface area contributed by atoms with Crippen molar-refractivity contribution >= 4 is 0 Å². The summed E-state index contributed by atoms with van der Waals surface area (Å²) in [4.78, 5) is 0. The van der Waals surface area contributed by atoms with E-state index in [1.807, 2.05) is 0 Å². The molecule has 0 spiro atoms. The van der Waals surface area contributed by atoms with Crippen molar-refractivity contribution in [2.24, 2.45) is 11.7 Å². The van der Waals surface area contributed by atoms with Crippen LogP contribution >= 0.6 is 0 Å². The highest BCUT2D eigenvalue weighted by molar-refractivity contribution is 4.85. The second kappa shape index (κ2) is 4.40. The van der Waals surface area contributed by atoms with Crippen LogP contribution in [0.3, 0.4) is 0 Å².